The number of nitrogens with zero attached hydrogens (tertiary/aromatic N) is 1. The van der Waals surface area contributed by atoms with Crippen molar-refractivity contribution in [1.82, 2.24) is 4.90 Å². The molecule has 0 amide bonds. The number of hydrogen-bond donors (Lipinski definition) is 0. The molecule has 1 aliphatic heterocycles. The van der Waals surface area contributed by atoms with E-state index in [9.17, 15) is 0 Å². The molecule has 16 heavy (non-hydrogen) atoms. The third kappa shape index (κ3) is 4.15. The van der Waals surface area contributed by atoms with Gasteiger partial charge >= 0.3 is 0 Å². The van der Waals surface area contributed by atoms with Gasteiger partial charge in [0.25, 0.3) is 0 Å². The summed E-state index contributed by atoms with van der Waals surface area (Å²) in [7, 11) is 0. The molecule has 1 rings (SSSR count). The topological polar surface area (TPSA) is 3.24 Å². The summed E-state index contributed by atoms with van der Waals surface area (Å²) in [5, 5.41) is 0.818. The molecule has 0 radical (unpaired) electrons. The number of rotatable bonds is 4. The summed E-state index contributed by atoms with van der Waals surface area (Å²) in [5.74, 6) is 0.507. The van der Waals surface area contributed by atoms with Gasteiger partial charge < -0.3 is 0 Å². The van der Waals surface area contributed by atoms with Crippen LogP contribution in [0.5, 0.6) is 0 Å². The van der Waals surface area contributed by atoms with Crippen molar-refractivity contribution in [1.29, 1.82) is 0 Å². The monoisotopic (exact) mass is 239 g/mol. The molecule has 0 saturated heterocycles. The van der Waals surface area contributed by atoms with Gasteiger partial charge in [0.2, 0.25) is 0 Å². The van der Waals surface area contributed by atoms with Crippen LogP contribution in [-0.4, -0.2) is 24.5 Å². The maximum Gasteiger partial charge on any atom is 0.0360 e. The average Bonchev–Trinajstić information content (AvgIpc) is 2.35. The molecule has 0 N–H and O–H groups in total. The Kier molecular flexibility index (Phi) is 5.86. The first-order valence-corrected chi connectivity index (χ1v) is 6.46. The van der Waals surface area contributed by atoms with Crippen LogP contribution >= 0.6 is 11.6 Å². The molecule has 1 atom stereocenters. The van der Waals surface area contributed by atoms with Crippen molar-refractivity contribution in [2.24, 2.45) is 5.92 Å². The summed E-state index contributed by atoms with van der Waals surface area (Å²) in [6, 6.07) is 0. The van der Waals surface area contributed by atoms with E-state index in [4.69, 9.17) is 11.6 Å². The second kappa shape index (κ2) is 6.93. The van der Waals surface area contributed by atoms with Crippen LogP contribution in [0, 0.1) is 5.92 Å². The highest BCUT2D eigenvalue weighted by atomic mass is 35.5. The lowest BCUT2D eigenvalue weighted by molar-refractivity contribution is 0.305. The van der Waals surface area contributed by atoms with Crippen molar-refractivity contribution in [2.75, 3.05) is 19.6 Å². The van der Waals surface area contributed by atoms with E-state index in [1.54, 1.807) is 5.57 Å². The normalized spacial score (nSPS) is 21.2. The van der Waals surface area contributed by atoms with E-state index >= 15 is 0 Å². The van der Waals surface area contributed by atoms with Gasteiger partial charge in [0.15, 0.2) is 0 Å². The van der Waals surface area contributed by atoms with Crippen LogP contribution in [0.3, 0.4) is 0 Å². The molecule has 0 fully saturated rings. The van der Waals surface area contributed by atoms with E-state index < -0.39 is 0 Å². The van der Waals surface area contributed by atoms with Gasteiger partial charge in [0, 0.05) is 18.1 Å². The molecule has 0 aromatic carbocycles. The van der Waals surface area contributed by atoms with Gasteiger partial charge in [-0.2, -0.15) is 0 Å². The molecular weight excluding hydrogens is 218 g/mol. The molecule has 1 aliphatic rings. The molecule has 1 heterocycles. The van der Waals surface area contributed by atoms with E-state index in [-0.39, 0.29) is 0 Å². The summed E-state index contributed by atoms with van der Waals surface area (Å²) in [4.78, 5) is 2.46. The number of halogens is 1. The van der Waals surface area contributed by atoms with Gasteiger partial charge in [-0.15, -0.1) is 0 Å². The maximum absolute atomic E-state index is 5.94. The quantitative estimate of drug-likeness (QED) is 0.530. The van der Waals surface area contributed by atoms with Crippen LogP contribution in [0.1, 0.15) is 27.2 Å². The fourth-order valence-corrected chi connectivity index (χ4v) is 1.96. The number of likely N-dealkylation sites (N-methyl/N-ethyl adjacent to an activating group) is 1. The molecule has 0 bridgehead atoms. The summed E-state index contributed by atoms with van der Waals surface area (Å²) >= 11 is 5.94. The van der Waals surface area contributed by atoms with Crippen LogP contribution in [0.2, 0.25) is 0 Å². The average molecular weight is 240 g/mol. The molecule has 0 saturated carbocycles. The zero-order valence-electron chi connectivity index (χ0n) is 10.5. The minimum atomic E-state index is 0.507. The number of allylic oxidation sites excluding steroid dienone is 4. The highest BCUT2D eigenvalue weighted by molar-refractivity contribution is 6.31. The van der Waals surface area contributed by atoms with Gasteiger partial charge in [0.1, 0.15) is 0 Å². The molecule has 1 nitrogen and oxygen atoms in total. The smallest absolute Gasteiger partial charge is 0.0360 e. The third-order valence-corrected chi connectivity index (χ3v) is 3.52. The standard InChI is InChI=1S/C14H22ClN/c1-4-14(15)7-6-12(3)13-8-10-16(5-2)11-9-13/h4,6-8,12H,5,9-11H2,1-3H3/b7-6-,14-4+. The first-order chi connectivity index (χ1) is 7.67. The molecule has 0 aromatic rings. The second-order valence-corrected chi connectivity index (χ2v) is 4.68. The summed E-state index contributed by atoms with van der Waals surface area (Å²) in [6.45, 7) is 9.85. The van der Waals surface area contributed by atoms with Crippen molar-refractivity contribution in [3.63, 3.8) is 0 Å². The van der Waals surface area contributed by atoms with E-state index in [1.807, 2.05) is 19.1 Å². The van der Waals surface area contributed by atoms with Gasteiger partial charge in [0.05, 0.1) is 0 Å². The van der Waals surface area contributed by atoms with Crippen molar-refractivity contribution in [3.8, 4) is 0 Å². The van der Waals surface area contributed by atoms with Crippen molar-refractivity contribution < 1.29 is 0 Å². The Bertz CT molecular complexity index is 302. The summed E-state index contributed by atoms with van der Waals surface area (Å²) in [6.07, 6.45) is 9.66. The fraction of sp³-hybridized carbons (Fsp3) is 0.571. The second-order valence-electron chi connectivity index (χ2n) is 4.24. The van der Waals surface area contributed by atoms with Gasteiger partial charge in [-0.05, 0) is 31.9 Å². The Balaban J connectivity index is 2.52. The van der Waals surface area contributed by atoms with Gasteiger partial charge in [-0.25, -0.2) is 0 Å². The van der Waals surface area contributed by atoms with Crippen molar-refractivity contribution in [2.45, 2.75) is 27.2 Å². The molecule has 0 aliphatic carbocycles. The molecule has 0 aromatic heterocycles. The minimum absolute atomic E-state index is 0.507. The Morgan fingerprint density at radius 2 is 2.38 bits per heavy atom. The zero-order valence-corrected chi connectivity index (χ0v) is 11.3. The van der Waals surface area contributed by atoms with Crippen LogP contribution in [0.25, 0.3) is 0 Å². The highest BCUT2D eigenvalue weighted by Gasteiger charge is 2.12. The molecular formula is C14H22ClN. The third-order valence-electron chi connectivity index (χ3n) is 3.18. The molecule has 1 unspecified atom stereocenters. The summed E-state index contributed by atoms with van der Waals surface area (Å²) in [5.41, 5.74) is 1.54. The number of hydrogen-bond acceptors (Lipinski definition) is 1. The van der Waals surface area contributed by atoms with E-state index in [1.165, 1.54) is 13.0 Å². The predicted molar refractivity (Wildman–Crippen MR) is 72.7 cm³/mol. The Morgan fingerprint density at radius 1 is 1.62 bits per heavy atom. The van der Waals surface area contributed by atoms with Crippen LogP contribution in [0.15, 0.2) is 34.9 Å². The lowest BCUT2D eigenvalue weighted by Gasteiger charge is -2.26. The van der Waals surface area contributed by atoms with Gasteiger partial charge in [-0.1, -0.05) is 49.2 Å². The molecule has 90 valence electrons. The van der Waals surface area contributed by atoms with Crippen LogP contribution in [0.4, 0.5) is 0 Å². The predicted octanol–water partition coefficient (Wildman–Crippen LogP) is 3.97. The van der Waals surface area contributed by atoms with E-state index in [2.05, 4.69) is 30.9 Å². The first-order valence-electron chi connectivity index (χ1n) is 6.08. The van der Waals surface area contributed by atoms with Gasteiger partial charge in [-0.3, -0.25) is 4.90 Å². The van der Waals surface area contributed by atoms with E-state index in [0.717, 1.165) is 18.1 Å². The summed E-state index contributed by atoms with van der Waals surface area (Å²) < 4.78 is 0. The Labute approximate surface area is 104 Å². The fourth-order valence-electron chi connectivity index (χ4n) is 1.88. The van der Waals surface area contributed by atoms with Crippen LogP contribution in [-0.2, 0) is 0 Å². The van der Waals surface area contributed by atoms with Crippen molar-refractivity contribution >= 4 is 11.6 Å². The minimum Gasteiger partial charge on any atom is -0.300 e. The van der Waals surface area contributed by atoms with Crippen LogP contribution < -0.4 is 0 Å². The SMILES string of the molecule is C/C=C(Cl)\C=C/C(C)C1=CCN(CC)CC1. The Morgan fingerprint density at radius 3 is 2.88 bits per heavy atom. The largest absolute Gasteiger partial charge is 0.300 e. The van der Waals surface area contributed by atoms with Crippen molar-refractivity contribution in [3.05, 3.63) is 34.9 Å². The first kappa shape index (κ1) is 13.5. The maximum atomic E-state index is 5.94. The Hall–Kier alpha value is -0.530. The van der Waals surface area contributed by atoms with E-state index in [0.29, 0.717) is 5.92 Å². The zero-order chi connectivity index (χ0) is 12.0. The highest BCUT2D eigenvalue weighted by Crippen LogP contribution is 2.21. The lowest BCUT2D eigenvalue weighted by Crippen LogP contribution is -2.29. The molecule has 0 spiro atoms. The lowest BCUT2D eigenvalue weighted by atomic mass is 9.95. The molecule has 2 heteroatoms.